The molecule has 0 unspecified atom stereocenters. The Morgan fingerprint density at radius 2 is 1.65 bits per heavy atom. The van der Waals surface area contributed by atoms with Crippen molar-refractivity contribution in [3.05, 3.63) is 76.4 Å². The van der Waals surface area contributed by atoms with Crippen LogP contribution in [-0.4, -0.2) is 18.3 Å². The highest BCUT2D eigenvalue weighted by Gasteiger charge is 2.16. The van der Waals surface area contributed by atoms with Crippen molar-refractivity contribution in [1.82, 2.24) is 0 Å². The van der Waals surface area contributed by atoms with Crippen LogP contribution < -0.4 is 14.8 Å². The first-order valence-corrected chi connectivity index (χ1v) is 7.73. The van der Waals surface area contributed by atoms with Crippen LogP contribution >= 0.6 is 0 Å². The molecule has 1 heterocycles. The van der Waals surface area contributed by atoms with E-state index >= 15 is 0 Å². The fourth-order valence-corrected chi connectivity index (χ4v) is 2.34. The molecule has 8 nitrogen and oxygen atoms in total. The number of amides is 1. The van der Waals surface area contributed by atoms with E-state index in [-0.39, 0.29) is 22.6 Å². The summed E-state index contributed by atoms with van der Waals surface area (Å²) in [7, 11) is 0. The summed E-state index contributed by atoms with van der Waals surface area (Å²) in [5.74, 6) is -0.145. The van der Waals surface area contributed by atoms with E-state index in [1.54, 1.807) is 48.5 Å². The van der Waals surface area contributed by atoms with Crippen LogP contribution in [0, 0.1) is 10.4 Å². The van der Waals surface area contributed by atoms with Crippen LogP contribution in [0.1, 0.15) is 18.2 Å². The fraction of sp³-hybridized carbons (Fsp3) is 0.0556. The van der Waals surface area contributed by atoms with Gasteiger partial charge in [-0.15, -0.1) is 0 Å². The molecular weight excluding hydrogens is 334 g/mol. The summed E-state index contributed by atoms with van der Waals surface area (Å²) in [5.41, 5.74) is 2.06. The van der Waals surface area contributed by atoms with E-state index < -0.39 is 0 Å². The van der Waals surface area contributed by atoms with Crippen molar-refractivity contribution in [3.63, 3.8) is 0 Å². The smallest absolute Gasteiger partial charge is 0.302 e. The van der Waals surface area contributed by atoms with E-state index in [2.05, 4.69) is 15.5 Å². The zero-order valence-electron chi connectivity index (χ0n) is 13.9. The Bertz CT molecular complexity index is 1010. The molecule has 3 rings (SSSR count). The number of anilines is 1. The highest BCUT2D eigenvalue weighted by Crippen LogP contribution is 2.08. The number of carbonyl (C=O) groups is 1. The summed E-state index contributed by atoms with van der Waals surface area (Å²) < 4.78 is 1.25. The molecule has 0 spiro atoms. The number of hydrogen-bond donors (Lipinski definition) is 1. The monoisotopic (exact) mass is 349 g/mol. The van der Waals surface area contributed by atoms with E-state index in [1.807, 2.05) is 0 Å². The van der Waals surface area contributed by atoms with Crippen molar-refractivity contribution in [2.75, 3.05) is 5.32 Å². The Labute approximate surface area is 148 Å². The molecule has 1 N–H and O–H groups in total. The molecule has 130 valence electrons. The quantitative estimate of drug-likeness (QED) is 0.334. The van der Waals surface area contributed by atoms with Gasteiger partial charge in [0.25, 0.3) is 17.2 Å². The van der Waals surface area contributed by atoms with Crippen LogP contribution in [0.5, 0.6) is 0 Å². The van der Waals surface area contributed by atoms with Gasteiger partial charge in [0.05, 0.1) is 6.21 Å². The molecule has 0 saturated carbocycles. The van der Waals surface area contributed by atoms with Gasteiger partial charge in [0.15, 0.2) is 0 Å². The molecular formula is C18H15N5O3. The van der Waals surface area contributed by atoms with Crippen molar-refractivity contribution < 1.29 is 14.3 Å². The van der Waals surface area contributed by atoms with Crippen molar-refractivity contribution in [2.24, 2.45) is 10.2 Å². The van der Waals surface area contributed by atoms with Crippen LogP contribution in [0.15, 0.2) is 64.9 Å². The first kappa shape index (κ1) is 17.0. The lowest BCUT2D eigenvalue weighted by Crippen LogP contribution is -2.41. The molecule has 1 aromatic heterocycles. The molecule has 0 radical (unpaired) electrons. The van der Waals surface area contributed by atoms with Crippen LogP contribution in [-0.2, 0) is 4.79 Å². The molecule has 26 heavy (non-hydrogen) atoms. The Morgan fingerprint density at radius 3 is 2.35 bits per heavy atom. The lowest BCUT2D eigenvalue weighted by molar-refractivity contribution is -0.629. The third kappa shape index (κ3) is 3.81. The summed E-state index contributed by atoms with van der Waals surface area (Å²) in [6.45, 7) is 1.44. The third-order valence-corrected chi connectivity index (χ3v) is 3.52. The SMILES string of the molecule is CC(=O)Nc1ccc(/C=N\N=C/c2c[n+]([O-])c3ccccc3[n+]2[O-])cc1. The Hall–Kier alpha value is -3.81. The van der Waals surface area contributed by atoms with E-state index in [0.29, 0.717) is 15.1 Å². The number of fused-ring (bicyclic) bond motifs is 1. The number of carbonyl (C=O) groups excluding carboxylic acids is 1. The standard InChI is InChI=1S/C18H15N5O3/c1-13(24)21-15-8-6-14(7-9-15)10-19-20-11-16-12-22(25)17-4-2-3-5-18(17)23(16)26/h2-12H,1H3,(H,21,24)/b19-10-,20-11-. The summed E-state index contributed by atoms with van der Waals surface area (Å²) in [6, 6.07) is 13.5. The maximum Gasteiger partial charge on any atom is 0.302 e. The topological polar surface area (TPSA) is 108 Å². The first-order valence-electron chi connectivity index (χ1n) is 7.73. The van der Waals surface area contributed by atoms with Crippen LogP contribution in [0.25, 0.3) is 11.0 Å². The van der Waals surface area contributed by atoms with Gasteiger partial charge in [-0.3, -0.25) is 4.79 Å². The van der Waals surface area contributed by atoms with Gasteiger partial charge < -0.3 is 15.7 Å². The van der Waals surface area contributed by atoms with E-state index in [0.717, 1.165) is 11.8 Å². The normalized spacial score (nSPS) is 11.4. The van der Waals surface area contributed by atoms with Gasteiger partial charge in [-0.25, -0.2) is 0 Å². The highest BCUT2D eigenvalue weighted by molar-refractivity contribution is 5.89. The number of para-hydroxylation sites is 2. The lowest BCUT2D eigenvalue weighted by Gasteiger charge is -2.04. The average molecular weight is 349 g/mol. The Balaban J connectivity index is 1.76. The summed E-state index contributed by atoms with van der Waals surface area (Å²) in [6.07, 6.45) is 3.86. The summed E-state index contributed by atoms with van der Waals surface area (Å²) in [5, 5.41) is 34.6. The molecule has 0 fully saturated rings. The first-order chi connectivity index (χ1) is 12.5. The molecule has 0 atom stereocenters. The molecule has 3 aromatic rings. The summed E-state index contributed by atoms with van der Waals surface area (Å²) in [4.78, 5) is 11.0. The summed E-state index contributed by atoms with van der Waals surface area (Å²) >= 11 is 0. The molecule has 1 amide bonds. The third-order valence-electron chi connectivity index (χ3n) is 3.52. The van der Waals surface area contributed by atoms with Gasteiger partial charge in [0.1, 0.15) is 6.21 Å². The van der Waals surface area contributed by atoms with Gasteiger partial charge in [0, 0.05) is 24.7 Å². The second-order valence-electron chi connectivity index (χ2n) is 5.46. The molecule has 0 aliphatic heterocycles. The number of hydrogen-bond acceptors (Lipinski definition) is 5. The predicted molar refractivity (Wildman–Crippen MR) is 97.8 cm³/mol. The second kappa shape index (κ2) is 7.39. The number of nitrogens with zero attached hydrogens (tertiary/aromatic N) is 4. The minimum Gasteiger partial charge on any atom is -0.618 e. The minimum atomic E-state index is -0.145. The van der Waals surface area contributed by atoms with Gasteiger partial charge in [0.2, 0.25) is 5.91 Å². The van der Waals surface area contributed by atoms with E-state index in [9.17, 15) is 15.2 Å². The largest absolute Gasteiger partial charge is 0.618 e. The fourth-order valence-electron chi connectivity index (χ4n) is 2.34. The van der Waals surface area contributed by atoms with Gasteiger partial charge >= 0.3 is 5.69 Å². The molecule has 0 aliphatic rings. The van der Waals surface area contributed by atoms with Gasteiger partial charge in [-0.1, -0.05) is 24.3 Å². The average Bonchev–Trinajstić information content (AvgIpc) is 2.63. The lowest BCUT2D eigenvalue weighted by atomic mass is 10.2. The van der Waals surface area contributed by atoms with Crippen molar-refractivity contribution >= 4 is 35.1 Å². The molecule has 8 heteroatoms. The maximum absolute atomic E-state index is 12.3. The number of benzene rings is 2. The van der Waals surface area contributed by atoms with Crippen molar-refractivity contribution in [1.29, 1.82) is 0 Å². The molecule has 0 bridgehead atoms. The second-order valence-corrected chi connectivity index (χ2v) is 5.46. The maximum atomic E-state index is 12.3. The Kier molecular flexibility index (Phi) is 4.84. The molecule has 0 aliphatic carbocycles. The van der Waals surface area contributed by atoms with E-state index in [1.165, 1.54) is 19.4 Å². The van der Waals surface area contributed by atoms with Gasteiger partial charge in [-0.05, 0) is 17.7 Å². The van der Waals surface area contributed by atoms with Crippen molar-refractivity contribution in [3.8, 4) is 0 Å². The van der Waals surface area contributed by atoms with Crippen molar-refractivity contribution in [2.45, 2.75) is 6.92 Å². The number of rotatable bonds is 4. The number of aromatic nitrogens is 2. The Morgan fingerprint density at radius 1 is 1.00 bits per heavy atom. The molecule has 2 aromatic carbocycles. The minimum absolute atomic E-state index is 0.0804. The van der Waals surface area contributed by atoms with Gasteiger partial charge in [-0.2, -0.15) is 19.7 Å². The number of nitrogens with one attached hydrogen (secondary N) is 1. The van der Waals surface area contributed by atoms with Crippen LogP contribution in [0.4, 0.5) is 5.69 Å². The molecule has 0 saturated heterocycles. The van der Waals surface area contributed by atoms with Crippen LogP contribution in [0.3, 0.4) is 0 Å². The zero-order valence-corrected chi connectivity index (χ0v) is 13.9. The highest BCUT2D eigenvalue weighted by atomic mass is 16.5. The van der Waals surface area contributed by atoms with E-state index in [4.69, 9.17) is 0 Å². The predicted octanol–water partition coefficient (Wildman–Crippen LogP) is 1.52. The zero-order chi connectivity index (χ0) is 18.5. The van der Waals surface area contributed by atoms with Crippen LogP contribution in [0.2, 0.25) is 0 Å².